The van der Waals surface area contributed by atoms with Crippen molar-refractivity contribution >= 4 is 16.9 Å². The third-order valence-electron chi connectivity index (χ3n) is 4.35. The van der Waals surface area contributed by atoms with E-state index in [1.165, 1.54) is 16.0 Å². The Balaban J connectivity index is 1.89. The van der Waals surface area contributed by atoms with E-state index in [9.17, 15) is 0 Å². The fraction of sp³-hybridized carbons (Fsp3) is 0.467. The highest BCUT2D eigenvalue weighted by Crippen LogP contribution is 2.37. The van der Waals surface area contributed by atoms with E-state index >= 15 is 0 Å². The molecule has 5 heteroatoms. The largest absolute Gasteiger partial charge is 0.306 e. The number of hydrogen-bond acceptors (Lipinski definition) is 4. The summed E-state index contributed by atoms with van der Waals surface area (Å²) >= 11 is 1.86. The number of likely N-dealkylation sites (tertiary alicyclic amines) is 1. The minimum atomic E-state index is 0.940. The van der Waals surface area contributed by atoms with Gasteiger partial charge in [0.05, 0.1) is 0 Å². The molecule has 0 aliphatic carbocycles. The van der Waals surface area contributed by atoms with Gasteiger partial charge in [-0.25, -0.2) is 9.67 Å². The van der Waals surface area contributed by atoms with Crippen molar-refractivity contribution in [2.24, 2.45) is 0 Å². The maximum Gasteiger partial charge on any atom is 0.159 e. The fourth-order valence-electron chi connectivity index (χ4n) is 3.16. The molecule has 2 aromatic rings. The van der Waals surface area contributed by atoms with Gasteiger partial charge >= 0.3 is 0 Å². The SMILES string of the molecule is CN1CCC(=C2c3sccc3CCn3ncnc32)CC1. The summed E-state index contributed by atoms with van der Waals surface area (Å²) < 4.78 is 2.08. The molecule has 2 aliphatic rings. The lowest BCUT2D eigenvalue weighted by Gasteiger charge is -2.26. The first-order valence-electron chi connectivity index (χ1n) is 7.18. The van der Waals surface area contributed by atoms with Crippen LogP contribution in [-0.4, -0.2) is 39.8 Å². The Morgan fingerprint density at radius 2 is 2.00 bits per heavy atom. The van der Waals surface area contributed by atoms with Crippen LogP contribution in [0, 0.1) is 0 Å². The minimum absolute atomic E-state index is 0.940. The lowest BCUT2D eigenvalue weighted by molar-refractivity contribution is 0.313. The summed E-state index contributed by atoms with van der Waals surface area (Å²) in [6, 6.07) is 2.27. The van der Waals surface area contributed by atoms with Crippen LogP contribution >= 0.6 is 11.3 Å². The third-order valence-corrected chi connectivity index (χ3v) is 5.32. The predicted octanol–water partition coefficient (Wildman–Crippen LogP) is 2.42. The first-order valence-corrected chi connectivity index (χ1v) is 8.06. The van der Waals surface area contributed by atoms with Crippen LogP contribution in [-0.2, 0) is 13.0 Å². The standard InChI is InChI=1S/C15H18N4S/c1-18-6-2-11(3-7-18)13-14-12(5-9-20-14)4-8-19-15(13)16-10-17-19/h5,9-10H,2-4,6-8H2,1H3. The van der Waals surface area contributed by atoms with Gasteiger partial charge in [-0.15, -0.1) is 11.3 Å². The smallest absolute Gasteiger partial charge is 0.159 e. The summed E-state index contributed by atoms with van der Waals surface area (Å²) in [5.74, 6) is 1.07. The van der Waals surface area contributed by atoms with E-state index in [0.717, 1.165) is 44.7 Å². The van der Waals surface area contributed by atoms with Gasteiger partial charge < -0.3 is 4.90 Å². The molecule has 0 spiro atoms. The summed E-state index contributed by atoms with van der Waals surface area (Å²) in [6.07, 6.45) is 5.06. The molecule has 4 rings (SSSR count). The molecule has 0 unspecified atom stereocenters. The molecule has 0 amide bonds. The van der Waals surface area contributed by atoms with Crippen LogP contribution in [0.15, 0.2) is 23.3 Å². The topological polar surface area (TPSA) is 34.0 Å². The molecule has 1 fully saturated rings. The molecule has 0 N–H and O–H groups in total. The molecule has 1 saturated heterocycles. The number of thiophene rings is 1. The number of piperidine rings is 1. The second-order valence-corrected chi connectivity index (χ2v) is 6.53. The zero-order valence-electron chi connectivity index (χ0n) is 11.7. The fourth-order valence-corrected chi connectivity index (χ4v) is 4.20. The number of aryl methyl sites for hydroxylation is 2. The quantitative estimate of drug-likeness (QED) is 0.746. The maximum absolute atomic E-state index is 4.56. The minimum Gasteiger partial charge on any atom is -0.306 e. The molecule has 104 valence electrons. The van der Waals surface area contributed by atoms with E-state index in [4.69, 9.17) is 0 Å². The predicted molar refractivity (Wildman–Crippen MR) is 80.8 cm³/mol. The van der Waals surface area contributed by atoms with Crippen molar-refractivity contribution in [2.75, 3.05) is 20.1 Å². The second kappa shape index (κ2) is 4.82. The second-order valence-electron chi connectivity index (χ2n) is 5.61. The highest BCUT2D eigenvalue weighted by molar-refractivity contribution is 7.11. The maximum atomic E-state index is 4.56. The first kappa shape index (κ1) is 12.3. The van der Waals surface area contributed by atoms with Crippen LogP contribution in [0.4, 0.5) is 0 Å². The van der Waals surface area contributed by atoms with Crippen molar-refractivity contribution in [3.8, 4) is 0 Å². The van der Waals surface area contributed by atoms with Gasteiger partial charge in [-0.05, 0) is 43.3 Å². The van der Waals surface area contributed by atoms with Gasteiger partial charge in [-0.1, -0.05) is 5.57 Å². The zero-order chi connectivity index (χ0) is 13.5. The van der Waals surface area contributed by atoms with Gasteiger partial charge in [0.25, 0.3) is 0 Å². The van der Waals surface area contributed by atoms with Crippen LogP contribution < -0.4 is 0 Å². The Labute approximate surface area is 122 Å². The van der Waals surface area contributed by atoms with Crippen LogP contribution in [0.3, 0.4) is 0 Å². The van der Waals surface area contributed by atoms with Crippen molar-refractivity contribution < 1.29 is 0 Å². The highest BCUT2D eigenvalue weighted by Gasteiger charge is 2.25. The molecule has 4 nitrogen and oxygen atoms in total. The highest BCUT2D eigenvalue weighted by atomic mass is 32.1. The molecule has 2 aliphatic heterocycles. The Morgan fingerprint density at radius 1 is 1.15 bits per heavy atom. The average molecular weight is 286 g/mol. The van der Waals surface area contributed by atoms with Crippen LogP contribution in [0.5, 0.6) is 0 Å². The Hall–Kier alpha value is -1.46. The van der Waals surface area contributed by atoms with E-state index in [-0.39, 0.29) is 0 Å². The molecule has 0 atom stereocenters. The van der Waals surface area contributed by atoms with Gasteiger partial charge in [-0.3, -0.25) is 0 Å². The van der Waals surface area contributed by atoms with E-state index in [2.05, 4.69) is 38.2 Å². The molecule has 2 aromatic heterocycles. The lowest BCUT2D eigenvalue weighted by Crippen LogP contribution is -2.27. The molecule has 0 radical (unpaired) electrons. The van der Waals surface area contributed by atoms with Gasteiger partial charge in [0.2, 0.25) is 0 Å². The van der Waals surface area contributed by atoms with Crippen molar-refractivity contribution in [1.82, 2.24) is 19.7 Å². The van der Waals surface area contributed by atoms with Crippen LogP contribution in [0.25, 0.3) is 5.57 Å². The summed E-state index contributed by atoms with van der Waals surface area (Å²) in [7, 11) is 2.20. The molecule has 0 aromatic carbocycles. The zero-order valence-corrected chi connectivity index (χ0v) is 12.5. The molecule has 0 saturated carbocycles. The number of aromatic nitrogens is 3. The van der Waals surface area contributed by atoms with Gasteiger partial charge in [-0.2, -0.15) is 5.10 Å². The van der Waals surface area contributed by atoms with E-state index < -0.39 is 0 Å². The van der Waals surface area contributed by atoms with Crippen LogP contribution in [0.2, 0.25) is 0 Å². The first-order chi connectivity index (χ1) is 9.83. The van der Waals surface area contributed by atoms with Crippen molar-refractivity contribution in [1.29, 1.82) is 0 Å². The van der Waals surface area contributed by atoms with Crippen molar-refractivity contribution in [3.05, 3.63) is 39.6 Å². The number of rotatable bonds is 0. The van der Waals surface area contributed by atoms with Crippen LogP contribution in [0.1, 0.15) is 29.1 Å². The van der Waals surface area contributed by atoms with E-state index in [0.29, 0.717) is 0 Å². The Bertz CT molecular complexity index is 613. The summed E-state index contributed by atoms with van der Waals surface area (Å²) in [6.45, 7) is 3.23. The molecule has 0 bridgehead atoms. The van der Waals surface area contributed by atoms with E-state index in [1.54, 1.807) is 11.9 Å². The van der Waals surface area contributed by atoms with Crippen molar-refractivity contribution in [2.45, 2.75) is 25.8 Å². The van der Waals surface area contributed by atoms with Gasteiger partial charge in [0, 0.05) is 30.1 Å². The summed E-state index contributed by atoms with van der Waals surface area (Å²) in [4.78, 5) is 8.39. The third kappa shape index (κ3) is 1.93. The van der Waals surface area contributed by atoms with Crippen molar-refractivity contribution in [3.63, 3.8) is 0 Å². The Kier molecular flexibility index (Phi) is 2.97. The van der Waals surface area contributed by atoms with E-state index in [1.807, 2.05) is 11.3 Å². The van der Waals surface area contributed by atoms with Gasteiger partial charge in [0.15, 0.2) is 5.82 Å². The number of fused-ring (bicyclic) bond motifs is 2. The molecule has 20 heavy (non-hydrogen) atoms. The number of nitrogens with zero attached hydrogens (tertiary/aromatic N) is 4. The Morgan fingerprint density at radius 3 is 2.85 bits per heavy atom. The van der Waals surface area contributed by atoms with Gasteiger partial charge in [0.1, 0.15) is 6.33 Å². The number of hydrogen-bond donors (Lipinski definition) is 0. The summed E-state index contributed by atoms with van der Waals surface area (Å²) in [5.41, 5.74) is 4.39. The average Bonchev–Trinajstić information content (AvgIpc) is 3.07. The molecular weight excluding hydrogens is 268 g/mol. The molecule has 4 heterocycles. The monoisotopic (exact) mass is 286 g/mol. The molecular formula is C15H18N4S. The lowest BCUT2D eigenvalue weighted by atomic mass is 9.95. The summed E-state index contributed by atoms with van der Waals surface area (Å²) in [5, 5.41) is 6.62. The normalized spacial score (nSPS) is 19.6.